The number of carboxylic acid groups (broad SMARTS) is 1. The maximum Gasteiger partial charge on any atom is 0.339 e. The van der Waals surface area contributed by atoms with Crippen LogP contribution in [-0.4, -0.2) is 11.1 Å². The minimum Gasteiger partial charge on any atom is -0.486 e. The molecule has 2 aromatic rings. The highest BCUT2D eigenvalue weighted by molar-refractivity contribution is 9.10. The van der Waals surface area contributed by atoms with Gasteiger partial charge in [-0.25, -0.2) is 9.18 Å². The van der Waals surface area contributed by atoms with Crippen molar-refractivity contribution >= 4 is 21.9 Å². The molecule has 0 saturated carbocycles. The largest absolute Gasteiger partial charge is 0.486 e. The second kappa shape index (κ2) is 5.84. The van der Waals surface area contributed by atoms with Crippen LogP contribution < -0.4 is 4.74 Å². The Labute approximate surface area is 117 Å². The lowest BCUT2D eigenvalue weighted by Gasteiger charge is -2.09. The lowest BCUT2D eigenvalue weighted by atomic mass is 10.2. The molecule has 0 saturated heterocycles. The fourth-order valence-electron chi connectivity index (χ4n) is 1.58. The first kappa shape index (κ1) is 13.5. The maximum absolute atomic E-state index is 14.0. The molecule has 98 valence electrons. The molecule has 0 aliphatic rings. The molecule has 5 heteroatoms. The molecule has 0 aromatic heterocycles. The lowest BCUT2D eigenvalue weighted by Crippen LogP contribution is -2.05. The van der Waals surface area contributed by atoms with E-state index in [0.29, 0.717) is 0 Å². The number of hydrogen-bond donors (Lipinski definition) is 1. The predicted octanol–water partition coefficient (Wildman–Crippen LogP) is 3.87. The van der Waals surface area contributed by atoms with Crippen LogP contribution in [0.1, 0.15) is 15.9 Å². The van der Waals surface area contributed by atoms with Crippen LogP contribution in [0.15, 0.2) is 46.9 Å². The van der Waals surface area contributed by atoms with Crippen LogP contribution >= 0.6 is 15.9 Å². The van der Waals surface area contributed by atoms with E-state index in [1.807, 2.05) is 30.3 Å². The average Bonchev–Trinajstić information content (AvgIpc) is 2.38. The highest BCUT2D eigenvalue weighted by atomic mass is 79.9. The van der Waals surface area contributed by atoms with Gasteiger partial charge in [0, 0.05) is 4.47 Å². The summed E-state index contributed by atoms with van der Waals surface area (Å²) in [6, 6.07) is 12.1. The Morgan fingerprint density at radius 2 is 1.89 bits per heavy atom. The van der Waals surface area contributed by atoms with Gasteiger partial charge in [-0.3, -0.25) is 0 Å². The van der Waals surface area contributed by atoms with E-state index in [4.69, 9.17) is 9.84 Å². The summed E-state index contributed by atoms with van der Waals surface area (Å²) in [7, 11) is 0. The topological polar surface area (TPSA) is 46.5 Å². The number of halogens is 2. The van der Waals surface area contributed by atoms with Crippen molar-refractivity contribution in [2.45, 2.75) is 6.61 Å². The normalized spacial score (nSPS) is 10.2. The van der Waals surface area contributed by atoms with Crippen molar-refractivity contribution in [3.05, 3.63) is 63.9 Å². The molecule has 0 atom stereocenters. The molecule has 0 fully saturated rings. The summed E-state index contributed by atoms with van der Waals surface area (Å²) in [5.74, 6) is -2.29. The van der Waals surface area contributed by atoms with Crippen molar-refractivity contribution in [1.29, 1.82) is 0 Å². The molecule has 0 radical (unpaired) electrons. The van der Waals surface area contributed by atoms with Crippen LogP contribution in [0, 0.1) is 5.82 Å². The summed E-state index contributed by atoms with van der Waals surface area (Å²) in [5.41, 5.74) is 0.451. The highest BCUT2D eigenvalue weighted by Gasteiger charge is 2.19. The van der Waals surface area contributed by atoms with Crippen LogP contribution in [-0.2, 0) is 6.61 Å². The van der Waals surface area contributed by atoms with Crippen LogP contribution in [0.2, 0.25) is 0 Å². The molecule has 1 N–H and O–H groups in total. The quantitative estimate of drug-likeness (QED) is 0.928. The molecule has 0 heterocycles. The molecule has 2 aromatic carbocycles. The second-order valence-corrected chi connectivity index (χ2v) is 4.67. The van der Waals surface area contributed by atoms with Gasteiger partial charge in [0.15, 0.2) is 11.6 Å². The van der Waals surface area contributed by atoms with Crippen LogP contribution in [0.3, 0.4) is 0 Å². The summed E-state index contributed by atoms with van der Waals surface area (Å²) in [6.45, 7) is 0.179. The first-order valence-electron chi connectivity index (χ1n) is 5.47. The number of carbonyl (C=O) groups is 1. The van der Waals surface area contributed by atoms with Gasteiger partial charge in [0.05, 0.1) is 0 Å². The molecule has 0 amide bonds. The van der Waals surface area contributed by atoms with E-state index in [-0.39, 0.29) is 16.8 Å². The van der Waals surface area contributed by atoms with Crippen molar-refractivity contribution in [3.8, 4) is 5.75 Å². The zero-order chi connectivity index (χ0) is 13.8. The maximum atomic E-state index is 14.0. The SMILES string of the molecule is O=C(O)c1c(Br)ccc(OCc2ccccc2)c1F. The number of benzene rings is 2. The number of rotatable bonds is 4. The van der Waals surface area contributed by atoms with Gasteiger partial charge in [-0.2, -0.15) is 0 Å². The Bertz CT molecular complexity index is 599. The average molecular weight is 325 g/mol. The van der Waals surface area contributed by atoms with E-state index in [1.54, 1.807) is 0 Å². The van der Waals surface area contributed by atoms with Crippen LogP contribution in [0.4, 0.5) is 4.39 Å². The molecule has 0 aliphatic heterocycles. The van der Waals surface area contributed by atoms with Gasteiger partial charge in [0.2, 0.25) is 0 Å². The number of aromatic carboxylic acids is 1. The summed E-state index contributed by atoms with van der Waals surface area (Å²) >= 11 is 3.00. The Morgan fingerprint density at radius 1 is 1.21 bits per heavy atom. The second-order valence-electron chi connectivity index (χ2n) is 3.81. The third-order valence-corrected chi connectivity index (χ3v) is 3.17. The van der Waals surface area contributed by atoms with Gasteiger partial charge in [-0.15, -0.1) is 0 Å². The fraction of sp³-hybridized carbons (Fsp3) is 0.0714. The number of carboxylic acids is 1. The highest BCUT2D eigenvalue weighted by Crippen LogP contribution is 2.28. The van der Waals surface area contributed by atoms with Crippen molar-refractivity contribution in [2.75, 3.05) is 0 Å². The Morgan fingerprint density at radius 3 is 2.53 bits per heavy atom. The summed E-state index contributed by atoms with van der Waals surface area (Å²) in [4.78, 5) is 10.9. The van der Waals surface area contributed by atoms with E-state index in [0.717, 1.165) is 5.56 Å². The van der Waals surface area contributed by atoms with Crippen LogP contribution in [0.5, 0.6) is 5.75 Å². The van der Waals surface area contributed by atoms with E-state index in [1.165, 1.54) is 12.1 Å². The lowest BCUT2D eigenvalue weighted by molar-refractivity contribution is 0.0689. The molecule has 19 heavy (non-hydrogen) atoms. The number of ether oxygens (including phenoxy) is 1. The van der Waals surface area contributed by atoms with Gasteiger partial charge in [0.25, 0.3) is 0 Å². The minimum atomic E-state index is -1.34. The third-order valence-electron chi connectivity index (χ3n) is 2.51. The van der Waals surface area contributed by atoms with Crippen molar-refractivity contribution in [1.82, 2.24) is 0 Å². The van der Waals surface area contributed by atoms with Gasteiger partial charge in [-0.05, 0) is 33.6 Å². The van der Waals surface area contributed by atoms with Crippen molar-refractivity contribution in [3.63, 3.8) is 0 Å². The summed E-state index contributed by atoms with van der Waals surface area (Å²) < 4.78 is 19.4. The molecule has 2 rings (SSSR count). The smallest absolute Gasteiger partial charge is 0.339 e. The zero-order valence-corrected chi connectivity index (χ0v) is 11.4. The molecular weight excluding hydrogens is 315 g/mol. The van der Waals surface area contributed by atoms with Crippen molar-refractivity contribution in [2.24, 2.45) is 0 Å². The molecule has 3 nitrogen and oxygen atoms in total. The fourth-order valence-corrected chi connectivity index (χ4v) is 2.05. The van der Waals surface area contributed by atoms with E-state index < -0.39 is 17.3 Å². The third kappa shape index (κ3) is 3.12. The molecule has 0 aliphatic carbocycles. The molecular formula is C14H10BrFO3. The van der Waals surface area contributed by atoms with Gasteiger partial charge >= 0.3 is 5.97 Å². The summed E-state index contributed by atoms with van der Waals surface area (Å²) in [5, 5.41) is 8.93. The molecule has 0 unspecified atom stereocenters. The Hall–Kier alpha value is -1.88. The van der Waals surface area contributed by atoms with E-state index in [9.17, 15) is 9.18 Å². The summed E-state index contributed by atoms with van der Waals surface area (Å²) in [6.07, 6.45) is 0. The number of hydrogen-bond acceptors (Lipinski definition) is 2. The molecule has 0 bridgehead atoms. The van der Waals surface area contributed by atoms with E-state index >= 15 is 0 Å². The minimum absolute atomic E-state index is 0.0792. The predicted molar refractivity (Wildman–Crippen MR) is 71.8 cm³/mol. The van der Waals surface area contributed by atoms with Gasteiger partial charge < -0.3 is 9.84 Å². The Kier molecular flexibility index (Phi) is 4.16. The Balaban J connectivity index is 2.22. The monoisotopic (exact) mass is 324 g/mol. The first-order chi connectivity index (χ1) is 9.09. The zero-order valence-electron chi connectivity index (χ0n) is 9.77. The van der Waals surface area contributed by atoms with Crippen molar-refractivity contribution < 1.29 is 19.0 Å². The first-order valence-corrected chi connectivity index (χ1v) is 6.27. The van der Waals surface area contributed by atoms with Gasteiger partial charge in [-0.1, -0.05) is 30.3 Å². The van der Waals surface area contributed by atoms with Gasteiger partial charge in [0.1, 0.15) is 12.2 Å². The molecule has 0 spiro atoms. The van der Waals surface area contributed by atoms with E-state index in [2.05, 4.69) is 15.9 Å². The standard InChI is InChI=1S/C14H10BrFO3/c15-10-6-7-11(13(16)12(10)14(17)18)19-8-9-4-2-1-3-5-9/h1-7H,8H2,(H,17,18). The van der Waals surface area contributed by atoms with Crippen LogP contribution in [0.25, 0.3) is 0 Å².